The van der Waals surface area contributed by atoms with Crippen LogP contribution in [0.5, 0.6) is 11.8 Å². The van der Waals surface area contributed by atoms with Crippen LogP contribution < -0.4 is 41.4 Å². The Labute approximate surface area is 322 Å². The number of fused-ring (bicyclic) bond motifs is 2. The summed E-state index contributed by atoms with van der Waals surface area (Å²) >= 11 is 2.30. The fraction of sp³-hybridized carbons (Fsp3) is 0.355. The Balaban J connectivity index is 0.000000255. The molecule has 0 aliphatic carbocycles. The minimum absolute atomic E-state index is 0.0289. The maximum absolute atomic E-state index is 13.3. The van der Waals surface area contributed by atoms with Gasteiger partial charge in [-0.3, -0.25) is 15.4 Å². The number of carbonyl (C=O) groups excluding carboxylic acids is 4. The number of alkyl halides is 3. The molecule has 4 aromatic heterocycles. The van der Waals surface area contributed by atoms with E-state index in [0.717, 1.165) is 17.4 Å². The molecule has 25 heteroatoms. The summed E-state index contributed by atoms with van der Waals surface area (Å²) < 4.78 is 66.7. The second-order valence-corrected chi connectivity index (χ2v) is 13.7. The Hall–Kier alpha value is -6.24. The van der Waals surface area contributed by atoms with Crippen LogP contribution in [0, 0.1) is 5.82 Å². The quantitative estimate of drug-likeness (QED) is 0.0792. The molecule has 6 N–H and O–H groups in total. The van der Waals surface area contributed by atoms with Gasteiger partial charge in [-0.25, -0.2) is 38.7 Å². The molecule has 6 amide bonds. The van der Waals surface area contributed by atoms with Gasteiger partial charge in [-0.05, 0) is 39.0 Å². The van der Waals surface area contributed by atoms with Crippen LogP contribution in [0.3, 0.4) is 0 Å². The number of thiazole rings is 2. The molecule has 1 aromatic carbocycles. The first-order valence-corrected chi connectivity index (χ1v) is 17.6. The summed E-state index contributed by atoms with van der Waals surface area (Å²) in [4.78, 5) is 72.7. The van der Waals surface area contributed by atoms with E-state index in [4.69, 9.17) is 14.2 Å². The maximum atomic E-state index is 13.3. The second kappa shape index (κ2) is 18.9. The number of ether oxygens (including phenoxy) is 3. The molecule has 0 fully saturated rings. The van der Waals surface area contributed by atoms with E-state index < -0.39 is 47.2 Å². The molecule has 300 valence electrons. The van der Waals surface area contributed by atoms with Crippen LogP contribution in [0.4, 0.5) is 42.2 Å². The van der Waals surface area contributed by atoms with Crippen LogP contribution in [0.1, 0.15) is 36.7 Å². The number of rotatable bonds is 11. The first-order valence-electron chi connectivity index (χ1n) is 16.0. The van der Waals surface area contributed by atoms with Crippen molar-refractivity contribution in [2.45, 2.75) is 32.5 Å². The standard InChI is InChI=1S/C17H14F4N6O3S.C14H20N6O4S/c1-30-13-11-14(25-7-24-13)31-16(26-11)27-15(29)23-5-4-22-12(28)8-2-3-10(18)9(6-8)17(19,20)21;1-14(2,3)24-13(22)16-6-5-15-11(21)20-12-19-8-9(23-4)17-7-18-10(8)25-12/h2-3,6-7H,4-5H2,1H3,(H,22,28)(H2,23,26,27,29);7H,5-6H2,1-4H3,(H,16,22)(H2,15,19,20,21). The van der Waals surface area contributed by atoms with Gasteiger partial charge in [0.15, 0.2) is 31.0 Å². The third-order valence-corrected chi connectivity index (χ3v) is 8.22. The lowest BCUT2D eigenvalue weighted by molar-refractivity contribution is -0.140. The van der Waals surface area contributed by atoms with Crippen LogP contribution >= 0.6 is 22.7 Å². The van der Waals surface area contributed by atoms with Crippen molar-refractivity contribution in [2.75, 3.05) is 51.0 Å². The largest absolute Gasteiger partial charge is 0.479 e. The third kappa shape index (κ3) is 12.4. The molecule has 0 atom stereocenters. The average molecular weight is 827 g/mol. The molecule has 0 saturated carbocycles. The zero-order valence-corrected chi connectivity index (χ0v) is 31.7. The summed E-state index contributed by atoms with van der Waals surface area (Å²) in [6.07, 6.45) is -2.79. The molecule has 0 aliphatic heterocycles. The molecule has 56 heavy (non-hydrogen) atoms. The molecule has 0 radical (unpaired) electrons. The summed E-state index contributed by atoms with van der Waals surface area (Å²) in [7, 11) is 2.91. The van der Waals surface area contributed by atoms with E-state index in [1.165, 1.54) is 38.2 Å². The number of carbonyl (C=O) groups is 4. The Morgan fingerprint density at radius 3 is 1.66 bits per heavy atom. The van der Waals surface area contributed by atoms with Gasteiger partial charge in [0.25, 0.3) is 5.91 Å². The van der Waals surface area contributed by atoms with Crippen molar-refractivity contribution in [2.24, 2.45) is 0 Å². The summed E-state index contributed by atoms with van der Waals surface area (Å²) in [6.45, 7) is 5.69. The maximum Gasteiger partial charge on any atom is 0.419 e. The number of nitrogens with zero attached hydrogens (tertiary/aromatic N) is 6. The van der Waals surface area contributed by atoms with Crippen LogP contribution in [-0.4, -0.2) is 100.0 Å². The number of amides is 6. The van der Waals surface area contributed by atoms with Crippen LogP contribution in [0.2, 0.25) is 0 Å². The van der Waals surface area contributed by atoms with Crippen molar-refractivity contribution in [1.29, 1.82) is 0 Å². The molecule has 4 heterocycles. The van der Waals surface area contributed by atoms with Crippen LogP contribution in [-0.2, 0) is 10.9 Å². The highest BCUT2D eigenvalue weighted by atomic mass is 32.1. The molecule has 0 bridgehead atoms. The number of methoxy groups -OCH3 is 2. The monoisotopic (exact) mass is 826 g/mol. The van der Waals surface area contributed by atoms with E-state index in [1.54, 1.807) is 20.8 Å². The predicted octanol–water partition coefficient (Wildman–Crippen LogP) is 4.55. The Morgan fingerprint density at radius 2 is 1.20 bits per heavy atom. The number of hydrogen-bond acceptors (Lipinski definition) is 15. The Morgan fingerprint density at radius 1 is 0.714 bits per heavy atom. The summed E-state index contributed by atoms with van der Waals surface area (Å²) in [5.74, 6) is -1.71. The number of urea groups is 2. The van der Waals surface area contributed by atoms with Crippen molar-refractivity contribution < 1.29 is 51.0 Å². The van der Waals surface area contributed by atoms with Crippen LogP contribution in [0.15, 0.2) is 30.9 Å². The van der Waals surface area contributed by atoms with Crippen molar-refractivity contribution in [3.63, 3.8) is 0 Å². The molecular formula is C31H34F4N12O7S2. The molecule has 0 unspecified atom stereocenters. The zero-order chi connectivity index (χ0) is 41.0. The lowest BCUT2D eigenvalue weighted by atomic mass is 10.1. The number of benzene rings is 1. The summed E-state index contributed by atoms with van der Waals surface area (Å²) in [5.41, 5.74) is -1.59. The van der Waals surface area contributed by atoms with Gasteiger partial charge in [0.05, 0.1) is 19.8 Å². The zero-order valence-electron chi connectivity index (χ0n) is 30.1. The Bertz CT molecular complexity index is 2180. The molecule has 0 spiro atoms. The highest BCUT2D eigenvalue weighted by Gasteiger charge is 2.34. The minimum atomic E-state index is -4.92. The topological polar surface area (TPSA) is 245 Å². The number of alkyl carbamates (subject to hydrolysis) is 1. The number of aromatic nitrogens is 6. The number of hydrogen-bond donors (Lipinski definition) is 6. The number of nitrogens with one attached hydrogen (secondary N) is 6. The fourth-order valence-corrected chi connectivity index (χ4v) is 5.74. The molecular weight excluding hydrogens is 793 g/mol. The van der Waals surface area contributed by atoms with Crippen LogP contribution in [0.25, 0.3) is 20.7 Å². The van der Waals surface area contributed by atoms with Crippen molar-refractivity contribution >= 4 is 77.7 Å². The van der Waals surface area contributed by atoms with Gasteiger partial charge in [0.1, 0.15) is 24.1 Å². The summed E-state index contributed by atoms with van der Waals surface area (Å²) in [5, 5.41) is 15.6. The van der Waals surface area contributed by atoms with Crippen molar-refractivity contribution in [3.8, 4) is 11.8 Å². The first kappa shape index (κ1) is 42.5. The van der Waals surface area contributed by atoms with E-state index in [0.29, 0.717) is 43.8 Å². The Kier molecular flexibility index (Phi) is 14.3. The first-order chi connectivity index (χ1) is 26.5. The minimum Gasteiger partial charge on any atom is -0.479 e. The lowest BCUT2D eigenvalue weighted by Crippen LogP contribution is -2.39. The van der Waals surface area contributed by atoms with Crippen molar-refractivity contribution in [3.05, 3.63) is 47.8 Å². The summed E-state index contributed by atoms with van der Waals surface area (Å²) in [6, 6.07) is 0.860. The van der Waals surface area contributed by atoms with E-state index in [9.17, 15) is 36.7 Å². The van der Waals surface area contributed by atoms with Gasteiger partial charge in [-0.15, -0.1) is 0 Å². The molecule has 5 rings (SSSR count). The van der Waals surface area contributed by atoms with Gasteiger partial charge in [0, 0.05) is 31.7 Å². The van der Waals surface area contributed by atoms with Gasteiger partial charge >= 0.3 is 24.3 Å². The average Bonchev–Trinajstić information content (AvgIpc) is 3.74. The van der Waals surface area contributed by atoms with E-state index in [2.05, 4.69) is 61.8 Å². The van der Waals surface area contributed by atoms with Gasteiger partial charge in [-0.1, -0.05) is 22.7 Å². The predicted molar refractivity (Wildman–Crippen MR) is 196 cm³/mol. The fourth-order valence-electron chi connectivity index (χ4n) is 4.15. The van der Waals surface area contributed by atoms with E-state index in [1.807, 2.05) is 0 Å². The number of anilines is 2. The van der Waals surface area contributed by atoms with Gasteiger partial charge < -0.3 is 35.5 Å². The van der Waals surface area contributed by atoms with Crippen molar-refractivity contribution in [1.82, 2.24) is 51.2 Å². The highest BCUT2D eigenvalue weighted by Crippen LogP contribution is 2.32. The molecule has 0 saturated heterocycles. The van der Waals surface area contributed by atoms with Gasteiger partial charge in [-0.2, -0.15) is 23.1 Å². The molecule has 5 aromatic rings. The van der Waals surface area contributed by atoms with E-state index in [-0.39, 0.29) is 42.8 Å². The SMILES string of the molecule is COc1ncnc2sc(NC(=O)NCCNC(=O)OC(C)(C)C)nc12.COc1ncnc2sc(NC(=O)NCCNC(=O)c3ccc(F)c(C(F)(F)F)c3)nc12. The lowest BCUT2D eigenvalue weighted by Gasteiger charge is -2.19. The molecule has 19 nitrogen and oxygen atoms in total. The highest BCUT2D eigenvalue weighted by molar-refractivity contribution is 7.22. The molecule has 0 aliphatic rings. The second-order valence-electron chi connectivity index (χ2n) is 11.8. The van der Waals surface area contributed by atoms with E-state index >= 15 is 0 Å². The normalized spacial score (nSPS) is 11.2. The van der Waals surface area contributed by atoms with Gasteiger partial charge in [0.2, 0.25) is 11.8 Å². The third-order valence-electron chi connectivity index (χ3n) is 6.46. The number of halogens is 4. The smallest absolute Gasteiger partial charge is 0.419 e.